The highest BCUT2D eigenvalue weighted by atomic mass is 33.1. The van der Waals surface area contributed by atoms with Crippen LogP contribution in [0.25, 0.3) is 33.4 Å². The first-order chi connectivity index (χ1) is 55.7. The van der Waals surface area contributed by atoms with E-state index in [1.165, 1.54) is 4.90 Å². The second kappa shape index (κ2) is 45.2. The Morgan fingerprint density at radius 1 is 0.695 bits per heavy atom. The van der Waals surface area contributed by atoms with Gasteiger partial charge < -0.3 is 105 Å². The summed E-state index contributed by atoms with van der Waals surface area (Å²) in [5.74, 6) is -26.2. The number of aromatic carboxylic acids is 1. The Morgan fingerprint density at radius 2 is 1.32 bits per heavy atom. The first-order valence-electron chi connectivity index (χ1n) is 35.6. The standard InChI is InChI=1S/C69H85F2N17O27S3/c1-32(89)80-44-31-118-117-30-43(84-64(108)40(5-4-10-76-69(73)74)81-54(95)24-79-61(105)41(18-51(72)92)83-65(44)109)63(107)78-22-52(93)77-23-53(94)82-42(62(106)75-9-3-2-6-45(68(113)114)87(13-11-85(25-56(97)98)26-57(99)100)14-12-86(27-58(101)102)28-59(103)104)29-116-50-21-55(96)88(66(50)110)33-7-8-34(35(15-33)67(111)112)60-36-16-38(70)46(90)19-48(36)115-49-20-47(91)39(71)17-37(49)60/h7-8,15-17,19-20,40-45,50,90H,2-6,9-14,18,21-31H2,1H3,(H2,72,92)(H,75,106)(H,77,93)(H,78,107)(H,79,105)(H,80,89)(H,81,95)(H,82,94)(H,83,109)(H,84,108)(H,97,98)(H,99,100)(H,101,102)(H,103,104)(H,111,112)(H,113,114)(H4,73,74,76)/t40?,41?,42-,43?,44?,45-,50?/m0/s1. The molecule has 0 aromatic heterocycles. The highest BCUT2D eigenvalue weighted by Crippen LogP contribution is 2.44. The van der Waals surface area contributed by atoms with Crippen LogP contribution in [0.5, 0.6) is 5.75 Å². The predicted molar refractivity (Wildman–Crippen MR) is 412 cm³/mol. The lowest BCUT2D eigenvalue weighted by Crippen LogP contribution is -2.57. The molecule has 49 heteroatoms. The van der Waals surface area contributed by atoms with Crippen molar-refractivity contribution in [1.82, 2.24) is 67.9 Å². The number of hydrogen-bond acceptors (Lipinski definition) is 28. The van der Waals surface area contributed by atoms with E-state index in [9.17, 15) is 131 Å². The molecule has 2 fully saturated rings. The number of phenols is 1. The fraction of sp³-hybridized carbons (Fsp3) is 0.449. The zero-order valence-corrected chi connectivity index (χ0v) is 65.0. The molecule has 6 rings (SSSR count). The molecule has 4 aliphatic rings. The van der Waals surface area contributed by atoms with E-state index in [-0.39, 0.29) is 122 Å². The summed E-state index contributed by atoms with van der Waals surface area (Å²) in [4.78, 5) is 251. The van der Waals surface area contributed by atoms with Gasteiger partial charge in [0, 0.05) is 98.5 Å². The number of primary amides is 1. The lowest BCUT2D eigenvalue weighted by atomic mass is 9.90. The van der Waals surface area contributed by atoms with Gasteiger partial charge in [0.2, 0.25) is 76.3 Å². The van der Waals surface area contributed by atoms with E-state index >= 15 is 4.39 Å². The first-order valence-corrected chi connectivity index (χ1v) is 39.1. The molecule has 3 aliphatic heterocycles. The number of carbonyl (C=O) groups excluding carboxylic acids is 12. The normalized spacial score (nSPS) is 17.4. The van der Waals surface area contributed by atoms with Crippen molar-refractivity contribution in [2.45, 2.75) is 93.4 Å². The van der Waals surface area contributed by atoms with Crippen molar-refractivity contribution in [3.8, 4) is 28.2 Å². The van der Waals surface area contributed by atoms with Gasteiger partial charge in [0.25, 0.3) is 0 Å². The summed E-state index contributed by atoms with van der Waals surface area (Å²) in [6.07, 6.45) is -1.88. The Labute approximate surface area is 678 Å². The largest absolute Gasteiger partial charge is 0.505 e. The zero-order valence-electron chi connectivity index (χ0n) is 62.6. The van der Waals surface area contributed by atoms with Gasteiger partial charge in [-0.1, -0.05) is 27.7 Å². The Hall–Kier alpha value is -12.3. The number of amides is 12. The lowest BCUT2D eigenvalue weighted by molar-refractivity contribution is -0.146. The molecule has 0 bridgehead atoms. The van der Waals surface area contributed by atoms with Crippen molar-refractivity contribution in [1.29, 1.82) is 5.41 Å². The number of phenolic OH excluding ortho intramolecular Hbond substituents is 1. The summed E-state index contributed by atoms with van der Waals surface area (Å²) in [5.41, 5.74) is 7.55. The number of carboxylic acid groups (broad SMARTS) is 6. The van der Waals surface area contributed by atoms with Crippen molar-refractivity contribution in [3.05, 3.63) is 69.9 Å². The number of fused-ring (bicyclic) bond motifs is 2. The van der Waals surface area contributed by atoms with Gasteiger partial charge in [-0.3, -0.25) is 106 Å². The van der Waals surface area contributed by atoms with Crippen LogP contribution in [-0.4, -0.2) is 307 Å². The summed E-state index contributed by atoms with van der Waals surface area (Å²) in [6, 6.07) is -3.13. The second-order valence-corrected chi connectivity index (χ2v) is 30.2. The van der Waals surface area contributed by atoms with Gasteiger partial charge in [-0.15, -0.1) is 11.8 Å². The third kappa shape index (κ3) is 29.4. The molecule has 0 spiro atoms. The molecule has 2 aromatic carbocycles. The van der Waals surface area contributed by atoms with Gasteiger partial charge in [0.1, 0.15) is 47.6 Å². The van der Waals surface area contributed by atoms with Gasteiger partial charge in [0.15, 0.2) is 23.3 Å². The van der Waals surface area contributed by atoms with Gasteiger partial charge in [0.05, 0.1) is 68.7 Å². The third-order valence-electron chi connectivity index (χ3n) is 17.4. The van der Waals surface area contributed by atoms with Crippen LogP contribution in [0.3, 0.4) is 0 Å². The Bertz CT molecular complexity index is 4490. The molecule has 2 saturated heterocycles. The fourth-order valence-electron chi connectivity index (χ4n) is 12.0. The molecule has 12 amide bonds. The van der Waals surface area contributed by atoms with Crippen molar-refractivity contribution >= 4 is 163 Å². The van der Waals surface area contributed by atoms with Gasteiger partial charge in [-0.25, -0.2) is 18.5 Å². The zero-order chi connectivity index (χ0) is 87.4. The van der Waals surface area contributed by atoms with E-state index in [1.807, 2.05) is 0 Å². The summed E-state index contributed by atoms with van der Waals surface area (Å²) in [5, 5.41) is 98.8. The van der Waals surface area contributed by atoms with E-state index in [4.69, 9.17) is 21.3 Å². The van der Waals surface area contributed by atoms with E-state index in [1.54, 1.807) is 0 Å². The summed E-state index contributed by atoms with van der Waals surface area (Å²) in [6.45, 7) is -6.57. The molecular formula is C69H85F2N17O27S3. The summed E-state index contributed by atoms with van der Waals surface area (Å²) >= 11 is 0.636. The predicted octanol–water partition coefficient (Wildman–Crippen LogP) is -5.08. The molecule has 44 nitrogen and oxygen atoms in total. The molecule has 2 aromatic rings. The van der Waals surface area contributed by atoms with Crippen LogP contribution in [0, 0.1) is 17.0 Å². The summed E-state index contributed by atoms with van der Waals surface area (Å²) < 4.78 is 35.7. The van der Waals surface area contributed by atoms with Gasteiger partial charge >= 0.3 is 35.8 Å². The number of anilines is 1. The number of nitrogens with zero attached hydrogens (tertiary/aromatic N) is 4. The van der Waals surface area contributed by atoms with Gasteiger partial charge in [-0.2, -0.15) is 0 Å². The molecule has 118 heavy (non-hydrogen) atoms. The van der Waals surface area contributed by atoms with Crippen LogP contribution >= 0.6 is 33.3 Å². The molecule has 7 atom stereocenters. The maximum absolute atomic E-state index is 15.0. The van der Waals surface area contributed by atoms with E-state index in [0.717, 1.165) is 74.7 Å². The second-order valence-electron chi connectivity index (χ2n) is 26.4. The van der Waals surface area contributed by atoms with E-state index < -0.39 is 247 Å². The Kier molecular flexibility index (Phi) is 36.2. The number of aliphatic carboxylic acids is 5. The molecule has 0 saturated carbocycles. The van der Waals surface area contributed by atoms with Crippen LogP contribution in [-0.2, 0) is 81.5 Å². The molecule has 5 unspecified atom stereocenters. The number of aromatic hydroxyl groups is 1. The number of carboxylic acids is 6. The minimum absolute atomic E-state index is 0.00582. The Balaban J connectivity index is 1.23. The van der Waals surface area contributed by atoms with Crippen molar-refractivity contribution in [2.24, 2.45) is 11.5 Å². The molecule has 1 aliphatic carbocycles. The van der Waals surface area contributed by atoms with Crippen molar-refractivity contribution < 1.29 is 135 Å². The van der Waals surface area contributed by atoms with Crippen LogP contribution in [0.4, 0.5) is 14.5 Å². The maximum Gasteiger partial charge on any atom is 0.336 e. The SMILES string of the molecule is CC(=O)NC1CSSCC(C(=O)NCC(=O)NCC(=O)N[C@@H](CSC2CC(=O)N(c3ccc(-c4c5cc(F)c(=O)cc-5oc5cc(O)c(F)cc45)c(C(=O)O)c3)C2=O)C(=O)NCCCC[C@@H](C(=O)O)N(CCN(CC(=O)O)CC(=O)O)CCN(CC(=O)O)CC(=O)O)NC(=O)C(CCCNC(=N)N)NC(=O)CNC(=O)C(CC(N)=O)NC1=O. The van der Waals surface area contributed by atoms with E-state index in [2.05, 4.69) is 53.2 Å². The van der Waals surface area contributed by atoms with Crippen LogP contribution < -0.4 is 75.0 Å². The molecule has 22 N–H and O–H groups in total. The fourth-order valence-corrected chi connectivity index (χ4v) is 15.5. The van der Waals surface area contributed by atoms with Crippen LogP contribution in [0.15, 0.2) is 51.7 Å². The first kappa shape index (κ1) is 94.5. The number of thioether (sulfide) groups is 1. The highest BCUT2D eigenvalue weighted by Gasteiger charge is 2.42. The topological polar surface area (TPSA) is 688 Å². The van der Waals surface area contributed by atoms with Gasteiger partial charge in [-0.05, 0) is 61.9 Å². The molecule has 640 valence electrons. The number of benzene rings is 3. The lowest BCUT2D eigenvalue weighted by Gasteiger charge is -2.32. The smallest absolute Gasteiger partial charge is 0.336 e. The molecule has 0 radical (unpaired) electrons. The van der Waals surface area contributed by atoms with Crippen molar-refractivity contribution in [2.75, 3.05) is 107 Å². The quantitative estimate of drug-likeness (QED) is 0.00494. The van der Waals surface area contributed by atoms with Crippen LogP contribution in [0.1, 0.15) is 62.2 Å². The average molecular weight is 1720 g/mol. The van der Waals surface area contributed by atoms with Crippen molar-refractivity contribution in [3.63, 3.8) is 0 Å². The number of carbonyl (C=O) groups is 18. The number of guanidine groups is 1. The molecule has 3 heterocycles. The number of unbranched alkanes of at least 4 members (excludes halogenated alkanes) is 1. The average Bonchev–Trinajstić information content (AvgIpc) is 0.871. The highest BCUT2D eigenvalue weighted by molar-refractivity contribution is 8.76. The van der Waals surface area contributed by atoms with Crippen LogP contribution in [0.2, 0.25) is 0 Å². The number of halogens is 2. The number of nitrogens with two attached hydrogens (primary N) is 2. The number of rotatable bonds is 41. The Morgan fingerprint density at radius 3 is 1.92 bits per heavy atom. The monoisotopic (exact) mass is 1720 g/mol. The number of imide groups is 1. The minimum Gasteiger partial charge on any atom is -0.505 e. The molecular weight excluding hydrogens is 1630 g/mol. The summed E-state index contributed by atoms with van der Waals surface area (Å²) in [7, 11) is 1.73. The number of hydrogen-bond donors (Lipinski definition) is 20. The van der Waals surface area contributed by atoms with E-state index in [0.29, 0.717) is 22.7 Å². The minimum atomic E-state index is -1.70. The number of nitrogens with one attached hydrogen (secondary N) is 11. The maximum atomic E-state index is 15.0. The third-order valence-corrected chi connectivity index (χ3v) is 21.2.